The Balaban J connectivity index is 2.39. The molecule has 0 unspecified atom stereocenters. The van der Waals surface area contributed by atoms with Gasteiger partial charge in [0.15, 0.2) is 5.96 Å². The SMILES string of the molecule is CCNC(=NCC(=O)NC(C)(C)C)NCCOc1cccc(F)c1. The van der Waals surface area contributed by atoms with Gasteiger partial charge in [-0.1, -0.05) is 6.07 Å². The topological polar surface area (TPSA) is 74.8 Å². The molecule has 1 amide bonds. The van der Waals surface area contributed by atoms with Crippen LogP contribution in [0.4, 0.5) is 4.39 Å². The molecule has 0 aliphatic carbocycles. The molecule has 0 heterocycles. The highest BCUT2D eigenvalue weighted by atomic mass is 19.1. The predicted molar refractivity (Wildman–Crippen MR) is 93.8 cm³/mol. The second-order valence-corrected chi connectivity index (χ2v) is 6.23. The van der Waals surface area contributed by atoms with E-state index in [0.717, 1.165) is 0 Å². The number of nitrogens with zero attached hydrogens (tertiary/aromatic N) is 1. The van der Waals surface area contributed by atoms with Crippen LogP contribution < -0.4 is 20.7 Å². The molecule has 0 bridgehead atoms. The Morgan fingerprint density at radius 2 is 2.04 bits per heavy atom. The smallest absolute Gasteiger partial charge is 0.242 e. The standard InChI is InChI=1S/C17H27FN4O2/c1-5-19-16(21-12-15(23)22-17(2,3)4)20-9-10-24-14-8-6-7-13(18)11-14/h6-8,11H,5,9-10,12H2,1-4H3,(H,22,23)(H2,19,20,21). The molecule has 0 saturated carbocycles. The first-order chi connectivity index (χ1) is 11.3. The van der Waals surface area contributed by atoms with Gasteiger partial charge >= 0.3 is 0 Å². The van der Waals surface area contributed by atoms with Gasteiger partial charge in [0.25, 0.3) is 0 Å². The van der Waals surface area contributed by atoms with E-state index in [9.17, 15) is 9.18 Å². The fraction of sp³-hybridized carbons (Fsp3) is 0.529. The second kappa shape index (κ2) is 9.75. The third-order valence-corrected chi connectivity index (χ3v) is 2.70. The highest BCUT2D eigenvalue weighted by molar-refractivity contribution is 5.85. The zero-order valence-electron chi connectivity index (χ0n) is 14.8. The molecule has 3 N–H and O–H groups in total. The molecule has 1 rings (SSSR count). The molecule has 6 nitrogen and oxygen atoms in total. The van der Waals surface area contributed by atoms with Gasteiger partial charge in [-0.25, -0.2) is 9.38 Å². The minimum atomic E-state index is -0.333. The van der Waals surface area contributed by atoms with E-state index in [2.05, 4.69) is 20.9 Å². The van der Waals surface area contributed by atoms with Crippen molar-refractivity contribution in [2.24, 2.45) is 4.99 Å². The Morgan fingerprint density at radius 3 is 2.67 bits per heavy atom. The first-order valence-corrected chi connectivity index (χ1v) is 8.01. The molecule has 7 heteroatoms. The summed E-state index contributed by atoms with van der Waals surface area (Å²) in [6.45, 7) is 9.24. The molecular formula is C17H27FN4O2. The minimum absolute atomic E-state index is 0.0390. The zero-order chi connectivity index (χ0) is 18.0. The summed E-state index contributed by atoms with van der Waals surface area (Å²) in [4.78, 5) is 16.0. The maximum atomic E-state index is 13.0. The number of hydrogen-bond acceptors (Lipinski definition) is 3. The maximum Gasteiger partial charge on any atom is 0.242 e. The van der Waals surface area contributed by atoms with E-state index >= 15 is 0 Å². The maximum absolute atomic E-state index is 13.0. The number of carbonyl (C=O) groups is 1. The van der Waals surface area contributed by atoms with E-state index in [1.807, 2.05) is 27.7 Å². The highest BCUT2D eigenvalue weighted by Gasteiger charge is 2.13. The van der Waals surface area contributed by atoms with Gasteiger partial charge < -0.3 is 20.7 Å². The summed E-state index contributed by atoms with van der Waals surface area (Å²) in [5.74, 6) is 0.531. The summed E-state index contributed by atoms with van der Waals surface area (Å²) in [5.41, 5.74) is -0.281. The number of nitrogens with one attached hydrogen (secondary N) is 3. The monoisotopic (exact) mass is 338 g/mol. The Kier molecular flexibility index (Phi) is 8.01. The van der Waals surface area contributed by atoms with Gasteiger partial charge in [0.05, 0.1) is 6.54 Å². The van der Waals surface area contributed by atoms with Crippen LogP contribution in [0.1, 0.15) is 27.7 Å². The Labute approximate surface area is 142 Å². The van der Waals surface area contributed by atoms with Gasteiger partial charge in [0.2, 0.25) is 5.91 Å². The van der Waals surface area contributed by atoms with Crippen LogP contribution >= 0.6 is 0 Å². The van der Waals surface area contributed by atoms with Gasteiger partial charge in [-0.2, -0.15) is 0 Å². The number of halogens is 1. The molecule has 0 saturated heterocycles. The first-order valence-electron chi connectivity index (χ1n) is 8.01. The average Bonchev–Trinajstić information content (AvgIpc) is 2.47. The van der Waals surface area contributed by atoms with Gasteiger partial charge in [-0.15, -0.1) is 0 Å². The largest absolute Gasteiger partial charge is 0.492 e. The van der Waals surface area contributed by atoms with Crippen LogP contribution in [0.25, 0.3) is 0 Å². The molecule has 0 aromatic heterocycles. The van der Waals surface area contributed by atoms with E-state index in [1.165, 1.54) is 12.1 Å². The van der Waals surface area contributed by atoms with Crippen LogP contribution in [0.5, 0.6) is 5.75 Å². The number of rotatable bonds is 7. The summed E-state index contributed by atoms with van der Waals surface area (Å²) in [6, 6.07) is 5.98. The van der Waals surface area contributed by atoms with Crippen molar-refractivity contribution in [3.63, 3.8) is 0 Å². The quantitative estimate of drug-likeness (QED) is 0.402. The van der Waals surface area contributed by atoms with Gasteiger partial charge in [0, 0.05) is 18.2 Å². The van der Waals surface area contributed by atoms with Gasteiger partial charge in [-0.05, 0) is 39.8 Å². The fourth-order valence-electron chi connectivity index (χ4n) is 1.85. The number of amides is 1. The molecule has 1 aromatic rings. The molecule has 0 radical (unpaired) electrons. The lowest BCUT2D eigenvalue weighted by Crippen LogP contribution is -2.43. The zero-order valence-corrected chi connectivity index (χ0v) is 14.8. The molecule has 24 heavy (non-hydrogen) atoms. The number of aliphatic imine (C=N–C) groups is 1. The van der Waals surface area contributed by atoms with E-state index in [4.69, 9.17) is 4.74 Å². The molecular weight excluding hydrogens is 311 g/mol. The number of guanidine groups is 1. The van der Waals surface area contributed by atoms with Crippen molar-refractivity contribution in [2.45, 2.75) is 33.2 Å². The Bertz CT molecular complexity index is 556. The molecule has 0 fully saturated rings. The third-order valence-electron chi connectivity index (χ3n) is 2.70. The van der Waals surface area contributed by atoms with Crippen molar-refractivity contribution < 1.29 is 13.9 Å². The van der Waals surface area contributed by atoms with Crippen molar-refractivity contribution in [3.05, 3.63) is 30.1 Å². The van der Waals surface area contributed by atoms with Crippen LogP contribution in [0.3, 0.4) is 0 Å². The lowest BCUT2D eigenvalue weighted by molar-refractivity contribution is -0.121. The molecule has 134 valence electrons. The van der Waals surface area contributed by atoms with E-state index < -0.39 is 0 Å². The predicted octanol–water partition coefficient (Wildman–Crippen LogP) is 1.67. The van der Waals surface area contributed by atoms with E-state index in [0.29, 0.717) is 31.4 Å². The summed E-state index contributed by atoms with van der Waals surface area (Å²) in [6.07, 6.45) is 0. The van der Waals surface area contributed by atoms with Crippen molar-refractivity contribution >= 4 is 11.9 Å². The summed E-state index contributed by atoms with van der Waals surface area (Å²) >= 11 is 0. The van der Waals surface area contributed by atoms with Gasteiger partial charge in [0.1, 0.15) is 24.7 Å². The van der Waals surface area contributed by atoms with Crippen molar-refractivity contribution in [2.75, 3.05) is 26.2 Å². The third kappa shape index (κ3) is 8.97. The van der Waals surface area contributed by atoms with Gasteiger partial charge in [-0.3, -0.25) is 4.79 Å². The van der Waals surface area contributed by atoms with Crippen LogP contribution in [-0.2, 0) is 4.79 Å². The van der Waals surface area contributed by atoms with Crippen LogP contribution in [-0.4, -0.2) is 43.6 Å². The Hall–Kier alpha value is -2.31. The van der Waals surface area contributed by atoms with Crippen LogP contribution in [0, 0.1) is 5.82 Å². The van der Waals surface area contributed by atoms with Crippen molar-refractivity contribution in [1.29, 1.82) is 0 Å². The molecule has 0 atom stereocenters. The summed E-state index contributed by atoms with van der Waals surface area (Å²) in [5, 5.41) is 8.96. The van der Waals surface area contributed by atoms with Crippen molar-refractivity contribution in [3.8, 4) is 5.75 Å². The lowest BCUT2D eigenvalue weighted by atomic mass is 10.1. The molecule has 0 spiro atoms. The first kappa shape index (κ1) is 19.7. The summed E-state index contributed by atoms with van der Waals surface area (Å²) < 4.78 is 18.5. The van der Waals surface area contributed by atoms with Crippen molar-refractivity contribution in [1.82, 2.24) is 16.0 Å². The number of benzene rings is 1. The van der Waals surface area contributed by atoms with E-state index in [-0.39, 0.29) is 23.8 Å². The Morgan fingerprint density at radius 1 is 1.29 bits per heavy atom. The number of hydrogen-bond donors (Lipinski definition) is 3. The average molecular weight is 338 g/mol. The fourth-order valence-corrected chi connectivity index (χ4v) is 1.85. The van der Waals surface area contributed by atoms with E-state index in [1.54, 1.807) is 12.1 Å². The highest BCUT2D eigenvalue weighted by Crippen LogP contribution is 2.11. The van der Waals surface area contributed by atoms with Crippen LogP contribution in [0.15, 0.2) is 29.3 Å². The summed E-state index contributed by atoms with van der Waals surface area (Å²) in [7, 11) is 0. The molecule has 0 aliphatic rings. The van der Waals surface area contributed by atoms with Crippen LogP contribution in [0.2, 0.25) is 0 Å². The minimum Gasteiger partial charge on any atom is -0.492 e. The normalized spacial score (nSPS) is 11.8. The lowest BCUT2D eigenvalue weighted by Gasteiger charge is -2.20. The molecule has 0 aliphatic heterocycles. The second-order valence-electron chi connectivity index (χ2n) is 6.23. The number of carbonyl (C=O) groups excluding carboxylic acids is 1. The molecule has 1 aromatic carbocycles. The number of ether oxygens (including phenoxy) is 1.